The maximum Gasteiger partial charge on any atom is 0.273 e. The molecule has 0 atom stereocenters. The van der Waals surface area contributed by atoms with E-state index in [-0.39, 0.29) is 22.6 Å². The molecule has 138 valence electrons. The molecule has 0 aliphatic heterocycles. The van der Waals surface area contributed by atoms with Crippen molar-refractivity contribution < 1.29 is 19.8 Å². The van der Waals surface area contributed by atoms with Gasteiger partial charge in [-0.15, -0.1) is 0 Å². The normalized spacial score (nSPS) is 10.7. The fourth-order valence-electron chi connectivity index (χ4n) is 3.07. The Morgan fingerprint density at radius 3 is 1.25 bits per heavy atom. The quantitative estimate of drug-likeness (QED) is 0.405. The summed E-state index contributed by atoms with van der Waals surface area (Å²) in [5.41, 5.74) is 4.60. The molecule has 4 N–H and O–H groups in total. The molecule has 0 spiro atoms. The maximum absolute atomic E-state index is 12.4. The number of hydrogen-bond donors (Lipinski definition) is 4. The molecule has 0 aliphatic rings. The van der Waals surface area contributed by atoms with E-state index in [0.29, 0.717) is 0 Å². The third kappa shape index (κ3) is 3.19. The van der Waals surface area contributed by atoms with Gasteiger partial charge in [-0.25, -0.2) is 0 Å². The van der Waals surface area contributed by atoms with Crippen LogP contribution in [0.15, 0.2) is 72.8 Å². The lowest BCUT2D eigenvalue weighted by Gasteiger charge is -2.11. The second-order valence-corrected chi connectivity index (χ2v) is 6.34. The van der Waals surface area contributed by atoms with Crippen molar-refractivity contribution in [3.63, 3.8) is 0 Å². The van der Waals surface area contributed by atoms with Gasteiger partial charge < -0.3 is 10.2 Å². The van der Waals surface area contributed by atoms with E-state index in [9.17, 15) is 19.8 Å². The van der Waals surface area contributed by atoms with Crippen LogP contribution in [-0.4, -0.2) is 22.0 Å². The highest BCUT2D eigenvalue weighted by Crippen LogP contribution is 2.26. The number of fused-ring (bicyclic) bond motifs is 2. The van der Waals surface area contributed by atoms with Gasteiger partial charge in [0.2, 0.25) is 0 Å². The van der Waals surface area contributed by atoms with Gasteiger partial charge in [0.05, 0.1) is 11.1 Å². The van der Waals surface area contributed by atoms with Crippen LogP contribution in [0, 0.1) is 0 Å². The Hall–Kier alpha value is -4.06. The zero-order chi connectivity index (χ0) is 19.7. The van der Waals surface area contributed by atoms with Crippen molar-refractivity contribution in [1.29, 1.82) is 0 Å². The summed E-state index contributed by atoms with van der Waals surface area (Å²) in [5.74, 6) is -1.73. The third-order valence-electron chi connectivity index (χ3n) is 4.51. The molecule has 2 amide bonds. The number of rotatable bonds is 2. The largest absolute Gasteiger partial charge is 0.507 e. The van der Waals surface area contributed by atoms with Gasteiger partial charge in [-0.1, -0.05) is 48.5 Å². The topological polar surface area (TPSA) is 98.7 Å². The molecule has 0 saturated heterocycles. The average molecular weight is 372 g/mol. The molecular formula is C22H16N2O4. The zero-order valence-electron chi connectivity index (χ0n) is 14.6. The first-order valence-electron chi connectivity index (χ1n) is 8.57. The van der Waals surface area contributed by atoms with Gasteiger partial charge in [-0.3, -0.25) is 20.4 Å². The van der Waals surface area contributed by atoms with E-state index in [2.05, 4.69) is 10.9 Å². The molecule has 0 aromatic heterocycles. The lowest BCUT2D eigenvalue weighted by Crippen LogP contribution is -2.41. The molecule has 4 rings (SSSR count). The van der Waals surface area contributed by atoms with Gasteiger partial charge in [0.15, 0.2) is 0 Å². The van der Waals surface area contributed by atoms with E-state index in [1.54, 1.807) is 12.1 Å². The molecule has 0 unspecified atom stereocenters. The first kappa shape index (κ1) is 17.4. The van der Waals surface area contributed by atoms with E-state index in [4.69, 9.17) is 0 Å². The molecule has 0 saturated carbocycles. The van der Waals surface area contributed by atoms with Crippen molar-refractivity contribution in [2.75, 3.05) is 0 Å². The zero-order valence-corrected chi connectivity index (χ0v) is 14.6. The summed E-state index contributed by atoms with van der Waals surface area (Å²) in [5, 5.41) is 23.4. The SMILES string of the molecule is O=C(NNC(=O)c1cc2ccccc2cc1O)c1cc2ccccc2cc1O. The summed E-state index contributed by atoms with van der Waals surface area (Å²) in [6.07, 6.45) is 0. The molecule has 6 heteroatoms. The minimum atomic E-state index is -0.670. The highest BCUT2D eigenvalue weighted by molar-refractivity contribution is 6.05. The molecular weight excluding hydrogens is 356 g/mol. The van der Waals surface area contributed by atoms with Crippen molar-refractivity contribution in [3.8, 4) is 11.5 Å². The molecule has 0 aliphatic carbocycles. The number of hydrazine groups is 1. The molecule has 0 heterocycles. The van der Waals surface area contributed by atoms with Crippen molar-refractivity contribution in [2.45, 2.75) is 0 Å². The van der Waals surface area contributed by atoms with Crippen LogP contribution in [0.2, 0.25) is 0 Å². The summed E-state index contributed by atoms with van der Waals surface area (Å²) < 4.78 is 0. The van der Waals surface area contributed by atoms with Gasteiger partial charge in [0.25, 0.3) is 11.8 Å². The average Bonchev–Trinajstić information content (AvgIpc) is 2.70. The molecule has 0 radical (unpaired) electrons. The van der Waals surface area contributed by atoms with Crippen molar-refractivity contribution in [1.82, 2.24) is 10.9 Å². The number of phenolic OH excluding ortho intramolecular Hbond substituents is 2. The van der Waals surface area contributed by atoms with Gasteiger partial charge >= 0.3 is 0 Å². The molecule has 0 fully saturated rings. The summed E-state index contributed by atoms with van der Waals surface area (Å²) >= 11 is 0. The van der Waals surface area contributed by atoms with Crippen LogP contribution in [0.4, 0.5) is 0 Å². The molecule has 6 nitrogen and oxygen atoms in total. The van der Waals surface area contributed by atoms with E-state index in [0.717, 1.165) is 21.5 Å². The first-order valence-corrected chi connectivity index (χ1v) is 8.57. The van der Waals surface area contributed by atoms with E-state index in [1.165, 1.54) is 12.1 Å². The maximum atomic E-state index is 12.4. The summed E-state index contributed by atoms with van der Waals surface area (Å²) in [7, 11) is 0. The molecule has 0 bridgehead atoms. The lowest BCUT2D eigenvalue weighted by molar-refractivity contribution is 0.0843. The fourth-order valence-corrected chi connectivity index (χ4v) is 3.07. The van der Waals surface area contributed by atoms with Crippen LogP contribution in [0.25, 0.3) is 21.5 Å². The van der Waals surface area contributed by atoms with Crippen molar-refractivity contribution in [2.24, 2.45) is 0 Å². The number of benzene rings is 4. The molecule has 28 heavy (non-hydrogen) atoms. The number of carbonyl (C=O) groups excluding carboxylic acids is 2. The Labute approximate surface area is 160 Å². The molecule has 4 aromatic carbocycles. The molecule has 4 aromatic rings. The van der Waals surface area contributed by atoms with Crippen LogP contribution in [0.5, 0.6) is 11.5 Å². The Kier molecular flexibility index (Phi) is 4.29. The van der Waals surface area contributed by atoms with Crippen LogP contribution in [0.3, 0.4) is 0 Å². The van der Waals surface area contributed by atoms with Crippen molar-refractivity contribution in [3.05, 3.63) is 83.9 Å². The van der Waals surface area contributed by atoms with Gasteiger partial charge in [-0.2, -0.15) is 0 Å². The fraction of sp³-hybridized carbons (Fsp3) is 0. The van der Waals surface area contributed by atoms with Crippen LogP contribution < -0.4 is 10.9 Å². The first-order chi connectivity index (χ1) is 13.5. The summed E-state index contributed by atoms with van der Waals surface area (Å²) in [4.78, 5) is 24.8. The van der Waals surface area contributed by atoms with Gasteiger partial charge in [-0.05, 0) is 45.8 Å². The van der Waals surface area contributed by atoms with E-state index < -0.39 is 11.8 Å². The Morgan fingerprint density at radius 2 is 0.893 bits per heavy atom. The highest BCUT2D eigenvalue weighted by atomic mass is 16.3. The van der Waals surface area contributed by atoms with Crippen LogP contribution >= 0.6 is 0 Å². The monoisotopic (exact) mass is 372 g/mol. The van der Waals surface area contributed by atoms with E-state index >= 15 is 0 Å². The second kappa shape index (κ2) is 6.92. The number of aromatic hydroxyl groups is 2. The standard InChI is InChI=1S/C22H16N2O4/c25-19-11-15-7-3-1-5-13(15)9-17(19)21(27)23-24-22(28)18-10-14-6-2-4-8-16(14)12-20(18)26/h1-12,25-26H,(H,23,27)(H,24,28). The minimum absolute atomic E-state index is 0.0294. The smallest absolute Gasteiger partial charge is 0.273 e. The number of amides is 2. The summed E-state index contributed by atoms with van der Waals surface area (Å²) in [6, 6.07) is 20.6. The van der Waals surface area contributed by atoms with Gasteiger partial charge in [0, 0.05) is 0 Å². The Balaban J connectivity index is 1.54. The third-order valence-corrected chi connectivity index (χ3v) is 4.51. The van der Waals surface area contributed by atoms with Gasteiger partial charge in [0.1, 0.15) is 11.5 Å². The van der Waals surface area contributed by atoms with Crippen LogP contribution in [0.1, 0.15) is 20.7 Å². The van der Waals surface area contributed by atoms with Crippen molar-refractivity contribution >= 4 is 33.4 Å². The lowest BCUT2D eigenvalue weighted by atomic mass is 10.1. The predicted molar refractivity (Wildman–Crippen MR) is 106 cm³/mol. The number of phenols is 2. The minimum Gasteiger partial charge on any atom is -0.507 e. The summed E-state index contributed by atoms with van der Waals surface area (Å²) in [6.45, 7) is 0. The van der Waals surface area contributed by atoms with E-state index in [1.807, 2.05) is 48.5 Å². The Morgan fingerprint density at radius 1 is 0.571 bits per heavy atom. The predicted octanol–water partition coefficient (Wildman–Crippen LogP) is 3.48. The Bertz CT molecular complexity index is 1140. The second-order valence-electron chi connectivity index (χ2n) is 6.34. The number of carbonyl (C=O) groups is 2. The van der Waals surface area contributed by atoms with Crippen LogP contribution in [-0.2, 0) is 0 Å². The highest BCUT2D eigenvalue weighted by Gasteiger charge is 2.16. The number of hydrogen-bond acceptors (Lipinski definition) is 4. The number of nitrogens with one attached hydrogen (secondary N) is 2.